The van der Waals surface area contributed by atoms with Crippen LogP contribution in [0.15, 0.2) is 24.4 Å². The smallest absolute Gasteiger partial charge is 0.123 e. The van der Waals surface area contributed by atoms with Gasteiger partial charge in [-0.25, -0.2) is 4.39 Å². The minimum atomic E-state index is -0.733. The van der Waals surface area contributed by atoms with Gasteiger partial charge in [0.05, 0.1) is 11.8 Å². The standard InChI is InChI=1S/C14H16ClFN2O/c1-3-13-11(8-18(2)17-13)14(19)7-9-6-10(16)4-5-12(9)15/h4-6,8,14,19H,3,7H2,1-2H3. The number of aliphatic hydroxyl groups is 1. The van der Waals surface area contributed by atoms with Crippen molar-refractivity contribution >= 4 is 11.6 Å². The summed E-state index contributed by atoms with van der Waals surface area (Å²) in [6, 6.07) is 4.16. The second kappa shape index (κ2) is 5.72. The van der Waals surface area contributed by atoms with Crippen LogP contribution in [-0.4, -0.2) is 14.9 Å². The second-order valence-electron chi connectivity index (χ2n) is 4.51. The van der Waals surface area contributed by atoms with Crippen molar-refractivity contribution in [2.24, 2.45) is 7.05 Å². The average Bonchev–Trinajstić information content (AvgIpc) is 2.75. The Hall–Kier alpha value is -1.39. The highest BCUT2D eigenvalue weighted by Crippen LogP contribution is 2.26. The molecular formula is C14H16ClFN2O. The molecule has 1 aromatic heterocycles. The minimum Gasteiger partial charge on any atom is -0.388 e. The van der Waals surface area contributed by atoms with Crippen LogP contribution in [-0.2, 0) is 19.9 Å². The maximum atomic E-state index is 13.2. The van der Waals surface area contributed by atoms with E-state index in [9.17, 15) is 9.50 Å². The molecule has 0 aliphatic heterocycles. The normalized spacial score (nSPS) is 12.7. The van der Waals surface area contributed by atoms with Crippen molar-refractivity contribution in [3.8, 4) is 0 Å². The van der Waals surface area contributed by atoms with Gasteiger partial charge in [-0.15, -0.1) is 0 Å². The minimum absolute atomic E-state index is 0.273. The fourth-order valence-electron chi connectivity index (χ4n) is 2.12. The van der Waals surface area contributed by atoms with Gasteiger partial charge in [0.1, 0.15) is 5.82 Å². The molecule has 2 aromatic rings. The fraction of sp³-hybridized carbons (Fsp3) is 0.357. The predicted octanol–water partition coefficient (Wildman–Crippen LogP) is 3.05. The molecule has 1 aromatic carbocycles. The topological polar surface area (TPSA) is 38.0 Å². The Bertz CT molecular complexity index is 583. The van der Waals surface area contributed by atoms with E-state index in [0.717, 1.165) is 17.7 Å². The maximum Gasteiger partial charge on any atom is 0.123 e. The molecule has 3 nitrogen and oxygen atoms in total. The number of rotatable bonds is 4. The van der Waals surface area contributed by atoms with Gasteiger partial charge in [-0.05, 0) is 30.2 Å². The number of nitrogens with zero attached hydrogens (tertiary/aromatic N) is 2. The molecular weight excluding hydrogens is 267 g/mol. The Morgan fingerprint density at radius 2 is 2.21 bits per heavy atom. The summed E-state index contributed by atoms with van der Waals surface area (Å²) in [6.45, 7) is 1.98. The Morgan fingerprint density at radius 3 is 2.89 bits per heavy atom. The van der Waals surface area contributed by atoms with Crippen molar-refractivity contribution in [2.45, 2.75) is 25.9 Å². The number of benzene rings is 1. The molecule has 0 spiro atoms. The summed E-state index contributed by atoms with van der Waals surface area (Å²) >= 11 is 6.01. The van der Waals surface area contributed by atoms with Gasteiger partial charge < -0.3 is 5.11 Å². The molecule has 0 fully saturated rings. The molecule has 0 amide bonds. The van der Waals surface area contributed by atoms with Crippen molar-refractivity contribution in [3.63, 3.8) is 0 Å². The fourth-order valence-corrected chi connectivity index (χ4v) is 2.32. The molecule has 102 valence electrons. The summed E-state index contributed by atoms with van der Waals surface area (Å²) in [5.74, 6) is -0.353. The van der Waals surface area contributed by atoms with Crippen molar-refractivity contribution in [1.29, 1.82) is 0 Å². The molecule has 0 radical (unpaired) electrons. The lowest BCUT2D eigenvalue weighted by atomic mass is 10.0. The van der Waals surface area contributed by atoms with E-state index >= 15 is 0 Å². The third-order valence-corrected chi connectivity index (χ3v) is 3.42. The Labute approximate surface area is 116 Å². The highest BCUT2D eigenvalue weighted by Gasteiger charge is 2.17. The van der Waals surface area contributed by atoms with E-state index in [1.54, 1.807) is 10.9 Å². The first-order valence-corrected chi connectivity index (χ1v) is 6.53. The monoisotopic (exact) mass is 282 g/mol. The third kappa shape index (κ3) is 3.14. The molecule has 1 atom stereocenters. The van der Waals surface area contributed by atoms with Crippen molar-refractivity contribution in [1.82, 2.24) is 9.78 Å². The summed E-state index contributed by atoms with van der Waals surface area (Å²) in [4.78, 5) is 0. The SMILES string of the molecule is CCc1nn(C)cc1C(O)Cc1cc(F)ccc1Cl. The first-order valence-electron chi connectivity index (χ1n) is 6.15. The predicted molar refractivity (Wildman–Crippen MR) is 72.7 cm³/mol. The summed E-state index contributed by atoms with van der Waals surface area (Å²) in [5.41, 5.74) is 2.22. The zero-order valence-electron chi connectivity index (χ0n) is 10.9. The molecule has 1 heterocycles. The van der Waals surface area contributed by atoms with Gasteiger partial charge in [0, 0.05) is 30.3 Å². The number of hydrogen-bond donors (Lipinski definition) is 1. The van der Waals surface area contributed by atoms with Crippen LogP contribution in [0.25, 0.3) is 0 Å². The number of hydrogen-bond acceptors (Lipinski definition) is 2. The highest BCUT2D eigenvalue weighted by molar-refractivity contribution is 6.31. The Morgan fingerprint density at radius 1 is 1.47 bits per heavy atom. The number of aliphatic hydroxyl groups excluding tert-OH is 1. The van der Waals surface area contributed by atoms with Gasteiger partial charge in [-0.3, -0.25) is 4.68 Å². The van der Waals surface area contributed by atoms with Crippen molar-refractivity contribution in [3.05, 3.63) is 52.1 Å². The van der Waals surface area contributed by atoms with Crippen LogP contribution in [0.3, 0.4) is 0 Å². The summed E-state index contributed by atoms with van der Waals surface area (Å²) in [5, 5.41) is 15.0. The first kappa shape index (κ1) is 14.0. The van der Waals surface area contributed by atoms with Crippen LogP contribution in [0, 0.1) is 5.82 Å². The largest absolute Gasteiger partial charge is 0.388 e. The number of aromatic nitrogens is 2. The molecule has 5 heteroatoms. The van der Waals surface area contributed by atoms with Gasteiger partial charge in [-0.1, -0.05) is 18.5 Å². The van der Waals surface area contributed by atoms with Gasteiger partial charge in [-0.2, -0.15) is 5.10 Å². The quantitative estimate of drug-likeness (QED) is 0.936. The van der Waals surface area contributed by atoms with Gasteiger partial charge in [0.25, 0.3) is 0 Å². The molecule has 2 rings (SSSR count). The van der Waals surface area contributed by atoms with Gasteiger partial charge in [0.15, 0.2) is 0 Å². The van der Waals surface area contributed by atoms with Crippen LogP contribution < -0.4 is 0 Å². The Kier molecular flexibility index (Phi) is 4.22. The van der Waals surface area contributed by atoms with E-state index in [2.05, 4.69) is 5.10 Å². The maximum absolute atomic E-state index is 13.2. The van der Waals surface area contributed by atoms with Crippen LogP contribution in [0.1, 0.15) is 29.8 Å². The number of aryl methyl sites for hydroxylation is 2. The molecule has 0 bridgehead atoms. The van der Waals surface area contributed by atoms with Crippen LogP contribution in [0.5, 0.6) is 0 Å². The van der Waals surface area contributed by atoms with E-state index in [0.29, 0.717) is 10.6 Å². The van der Waals surface area contributed by atoms with Crippen molar-refractivity contribution < 1.29 is 9.50 Å². The summed E-state index contributed by atoms with van der Waals surface area (Å²) < 4.78 is 14.9. The van der Waals surface area contributed by atoms with E-state index in [-0.39, 0.29) is 12.2 Å². The third-order valence-electron chi connectivity index (χ3n) is 3.05. The van der Waals surface area contributed by atoms with Crippen LogP contribution in [0.4, 0.5) is 4.39 Å². The van der Waals surface area contributed by atoms with E-state index in [4.69, 9.17) is 11.6 Å². The molecule has 1 unspecified atom stereocenters. The first-order chi connectivity index (χ1) is 9.01. The van der Waals surface area contributed by atoms with E-state index in [1.165, 1.54) is 18.2 Å². The van der Waals surface area contributed by atoms with Crippen LogP contribution >= 0.6 is 11.6 Å². The lowest BCUT2D eigenvalue weighted by Gasteiger charge is -2.11. The lowest BCUT2D eigenvalue weighted by Crippen LogP contribution is -2.04. The molecule has 0 saturated heterocycles. The number of halogens is 2. The average molecular weight is 283 g/mol. The van der Waals surface area contributed by atoms with Crippen molar-refractivity contribution in [2.75, 3.05) is 0 Å². The molecule has 0 aliphatic rings. The molecule has 0 aliphatic carbocycles. The Balaban J connectivity index is 2.25. The summed E-state index contributed by atoms with van der Waals surface area (Å²) in [6.07, 6.45) is 2.07. The lowest BCUT2D eigenvalue weighted by molar-refractivity contribution is 0.177. The zero-order chi connectivity index (χ0) is 14.0. The molecule has 0 saturated carbocycles. The van der Waals surface area contributed by atoms with E-state index < -0.39 is 6.10 Å². The second-order valence-corrected chi connectivity index (χ2v) is 4.92. The van der Waals surface area contributed by atoms with Gasteiger partial charge in [0.2, 0.25) is 0 Å². The highest BCUT2D eigenvalue weighted by atomic mass is 35.5. The van der Waals surface area contributed by atoms with Gasteiger partial charge >= 0.3 is 0 Å². The van der Waals surface area contributed by atoms with E-state index in [1.807, 2.05) is 14.0 Å². The zero-order valence-corrected chi connectivity index (χ0v) is 11.7. The molecule has 1 N–H and O–H groups in total. The molecule has 19 heavy (non-hydrogen) atoms. The van der Waals surface area contributed by atoms with Crippen LogP contribution in [0.2, 0.25) is 5.02 Å². The summed E-state index contributed by atoms with van der Waals surface area (Å²) in [7, 11) is 1.81.